The van der Waals surface area contributed by atoms with Crippen LogP contribution in [-0.2, 0) is 11.3 Å². The lowest BCUT2D eigenvalue weighted by atomic mass is 10.1. The number of nitrogens with zero attached hydrogens (tertiary/aromatic N) is 1. The molecule has 0 unspecified atom stereocenters. The van der Waals surface area contributed by atoms with E-state index in [1.54, 1.807) is 36.4 Å². The van der Waals surface area contributed by atoms with Crippen molar-refractivity contribution in [2.45, 2.75) is 6.54 Å². The summed E-state index contributed by atoms with van der Waals surface area (Å²) in [6.07, 6.45) is 1.49. The van der Waals surface area contributed by atoms with E-state index in [4.69, 9.17) is 32.7 Å². The number of carbonyl (C=O) groups is 3. The number of carbonyl (C=O) groups excluding carboxylic acids is 3. The number of ether oxygens (including phenoxy) is 2. The maximum absolute atomic E-state index is 12.9. The number of nitrogens with one attached hydrogen (secondary N) is 1. The van der Waals surface area contributed by atoms with Gasteiger partial charge in [0.1, 0.15) is 5.75 Å². The SMILES string of the molecule is COc1ccc(NC(=O)c2cc(/C=C3/SC(=O)N(Cc4ccc(Cl)cc4Cl)C3=O)ccc2O)cc1OC. The van der Waals surface area contributed by atoms with Crippen molar-refractivity contribution in [2.75, 3.05) is 19.5 Å². The van der Waals surface area contributed by atoms with E-state index in [-0.39, 0.29) is 22.8 Å². The third-order valence-electron chi connectivity index (χ3n) is 5.42. The number of thioether (sulfide) groups is 1. The Hall–Kier alpha value is -3.66. The molecular formula is C26H20Cl2N2O6S. The number of methoxy groups -OCH3 is 2. The van der Waals surface area contributed by atoms with Crippen molar-refractivity contribution < 1.29 is 29.0 Å². The highest BCUT2D eigenvalue weighted by atomic mass is 35.5. The molecule has 4 rings (SSSR count). The standard InChI is InChI=1S/C26H20Cl2N2O6S/c1-35-21-8-6-17(12-22(21)36-2)29-24(32)18-9-14(3-7-20(18)31)10-23-25(33)30(26(34)37-23)13-15-4-5-16(27)11-19(15)28/h3-12,31H,13H2,1-2H3,(H,29,32)/b23-10+. The van der Waals surface area contributed by atoms with Crippen molar-refractivity contribution in [3.05, 3.63) is 86.2 Å². The number of imide groups is 1. The van der Waals surface area contributed by atoms with Crippen molar-refractivity contribution in [3.63, 3.8) is 0 Å². The quantitative estimate of drug-likeness (QED) is 0.332. The predicted molar refractivity (Wildman–Crippen MR) is 144 cm³/mol. The normalized spacial score (nSPS) is 14.3. The summed E-state index contributed by atoms with van der Waals surface area (Å²) in [5.41, 5.74) is 1.43. The predicted octanol–water partition coefficient (Wildman–Crippen LogP) is 6.21. The molecule has 0 aromatic heterocycles. The molecule has 11 heteroatoms. The molecule has 3 aromatic carbocycles. The van der Waals surface area contributed by atoms with Gasteiger partial charge in [0.25, 0.3) is 17.1 Å². The van der Waals surface area contributed by atoms with Gasteiger partial charge in [-0.2, -0.15) is 0 Å². The first-order chi connectivity index (χ1) is 17.7. The van der Waals surface area contributed by atoms with Crippen LogP contribution in [0.3, 0.4) is 0 Å². The molecule has 1 heterocycles. The Kier molecular flexibility index (Phi) is 7.97. The van der Waals surface area contributed by atoms with E-state index in [1.165, 1.54) is 38.5 Å². The molecule has 2 N–H and O–H groups in total. The second-order valence-corrected chi connectivity index (χ2v) is 9.64. The summed E-state index contributed by atoms with van der Waals surface area (Å²) in [5.74, 6) is -0.400. The smallest absolute Gasteiger partial charge is 0.293 e. The summed E-state index contributed by atoms with van der Waals surface area (Å²) in [6.45, 7) is -0.00737. The number of benzene rings is 3. The fraction of sp³-hybridized carbons (Fsp3) is 0.115. The van der Waals surface area contributed by atoms with Crippen LogP contribution in [0.4, 0.5) is 10.5 Å². The van der Waals surface area contributed by atoms with Crippen LogP contribution in [0.1, 0.15) is 21.5 Å². The van der Waals surface area contributed by atoms with E-state index >= 15 is 0 Å². The molecule has 1 aliphatic heterocycles. The Bertz CT molecular complexity index is 1440. The van der Waals surface area contributed by atoms with Crippen LogP contribution in [0.15, 0.2) is 59.5 Å². The molecule has 1 saturated heterocycles. The summed E-state index contributed by atoms with van der Waals surface area (Å²) in [4.78, 5) is 39.6. The monoisotopic (exact) mass is 558 g/mol. The maximum atomic E-state index is 12.9. The minimum absolute atomic E-state index is 0.00737. The number of halogens is 2. The Balaban J connectivity index is 1.54. The van der Waals surface area contributed by atoms with Crippen LogP contribution in [-0.4, -0.2) is 41.3 Å². The summed E-state index contributed by atoms with van der Waals surface area (Å²) in [5, 5.41) is 13.3. The molecular weight excluding hydrogens is 539 g/mol. The van der Waals surface area contributed by atoms with Gasteiger partial charge in [-0.1, -0.05) is 35.3 Å². The molecule has 3 amide bonds. The molecule has 0 aliphatic carbocycles. The van der Waals surface area contributed by atoms with Crippen LogP contribution in [0, 0.1) is 0 Å². The maximum Gasteiger partial charge on any atom is 0.293 e. The largest absolute Gasteiger partial charge is 0.507 e. The highest BCUT2D eigenvalue weighted by Gasteiger charge is 2.35. The van der Waals surface area contributed by atoms with Gasteiger partial charge in [-0.3, -0.25) is 19.3 Å². The van der Waals surface area contributed by atoms with Crippen molar-refractivity contribution in [1.82, 2.24) is 4.90 Å². The van der Waals surface area contributed by atoms with Gasteiger partial charge in [0, 0.05) is 21.8 Å². The topological polar surface area (TPSA) is 105 Å². The van der Waals surface area contributed by atoms with Gasteiger partial charge in [0.2, 0.25) is 0 Å². The van der Waals surface area contributed by atoms with Gasteiger partial charge in [0.05, 0.1) is 31.2 Å². The molecule has 37 heavy (non-hydrogen) atoms. The molecule has 1 aliphatic rings. The van der Waals surface area contributed by atoms with Crippen LogP contribution < -0.4 is 14.8 Å². The zero-order valence-electron chi connectivity index (χ0n) is 19.6. The molecule has 190 valence electrons. The molecule has 8 nitrogen and oxygen atoms in total. The van der Waals surface area contributed by atoms with E-state index in [1.807, 2.05) is 0 Å². The highest BCUT2D eigenvalue weighted by molar-refractivity contribution is 8.18. The van der Waals surface area contributed by atoms with Gasteiger partial charge in [-0.25, -0.2) is 0 Å². The molecule has 0 atom stereocenters. The van der Waals surface area contributed by atoms with Gasteiger partial charge in [0.15, 0.2) is 11.5 Å². The molecule has 3 aromatic rings. The van der Waals surface area contributed by atoms with Crippen LogP contribution >= 0.6 is 35.0 Å². The fourth-order valence-corrected chi connectivity index (χ4v) is 4.85. The van der Waals surface area contributed by atoms with Crippen molar-refractivity contribution >= 4 is 63.8 Å². The third kappa shape index (κ3) is 5.85. The average molecular weight is 559 g/mol. The fourth-order valence-electron chi connectivity index (χ4n) is 3.55. The number of amides is 3. The minimum Gasteiger partial charge on any atom is -0.507 e. The number of phenolic OH excluding ortho intramolecular Hbond substituents is 1. The van der Waals surface area contributed by atoms with Gasteiger partial charge < -0.3 is 19.9 Å². The molecule has 0 saturated carbocycles. The molecule has 0 spiro atoms. The number of hydrogen-bond acceptors (Lipinski definition) is 7. The first kappa shape index (κ1) is 26.4. The van der Waals surface area contributed by atoms with Gasteiger partial charge in [-0.15, -0.1) is 0 Å². The lowest BCUT2D eigenvalue weighted by Crippen LogP contribution is -2.27. The van der Waals surface area contributed by atoms with Crippen molar-refractivity contribution in [3.8, 4) is 17.2 Å². The molecule has 1 fully saturated rings. The van der Waals surface area contributed by atoms with Gasteiger partial charge in [-0.05, 0) is 65.4 Å². The Labute approximate surface area is 226 Å². The van der Waals surface area contributed by atoms with E-state index in [0.29, 0.717) is 38.4 Å². The second-order valence-electron chi connectivity index (χ2n) is 7.80. The van der Waals surface area contributed by atoms with E-state index in [0.717, 1.165) is 16.7 Å². The third-order valence-corrected chi connectivity index (χ3v) is 6.92. The van der Waals surface area contributed by atoms with Gasteiger partial charge >= 0.3 is 0 Å². The minimum atomic E-state index is -0.578. The number of rotatable bonds is 7. The van der Waals surface area contributed by atoms with E-state index in [2.05, 4.69) is 5.32 Å². The highest BCUT2D eigenvalue weighted by Crippen LogP contribution is 2.35. The average Bonchev–Trinajstić information content (AvgIpc) is 3.13. The zero-order chi connectivity index (χ0) is 26.7. The van der Waals surface area contributed by atoms with Crippen LogP contribution in [0.2, 0.25) is 10.0 Å². The van der Waals surface area contributed by atoms with Crippen LogP contribution in [0.25, 0.3) is 6.08 Å². The first-order valence-electron chi connectivity index (χ1n) is 10.8. The lowest BCUT2D eigenvalue weighted by molar-refractivity contribution is -0.123. The van der Waals surface area contributed by atoms with Crippen molar-refractivity contribution in [2.24, 2.45) is 0 Å². The molecule has 0 bridgehead atoms. The van der Waals surface area contributed by atoms with Crippen LogP contribution in [0.5, 0.6) is 17.2 Å². The van der Waals surface area contributed by atoms with E-state index < -0.39 is 17.1 Å². The Morgan fingerprint density at radius 1 is 1.03 bits per heavy atom. The zero-order valence-corrected chi connectivity index (χ0v) is 21.9. The summed E-state index contributed by atoms with van der Waals surface area (Å²) >= 11 is 12.9. The number of hydrogen-bond donors (Lipinski definition) is 2. The number of anilines is 1. The molecule has 0 radical (unpaired) electrons. The summed E-state index contributed by atoms with van der Waals surface area (Å²) in [7, 11) is 2.98. The first-order valence-corrected chi connectivity index (χ1v) is 12.3. The second kappa shape index (κ2) is 11.2. The lowest BCUT2D eigenvalue weighted by Gasteiger charge is -2.13. The Morgan fingerprint density at radius 2 is 1.78 bits per heavy atom. The number of phenols is 1. The Morgan fingerprint density at radius 3 is 2.49 bits per heavy atom. The van der Waals surface area contributed by atoms with E-state index in [9.17, 15) is 19.5 Å². The number of aromatic hydroxyl groups is 1. The summed E-state index contributed by atoms with van der Waals surface area (Å²) < 4.78 is 10.4. The summed E-state index contributed by atoms with van der Waals surface area (Å²) in [6, 6.07) is 14.0. The van der Waals surface area contributed by atoms with Crippen molar-refractivity contribution in [1.29, 1.82) is 0 Å².